The van der Waals surface area contributed by atoms with Crippen LogP contribution in [0.4, 0.5) is 0 Å². The number of sulfonamides is 1. The van der Waals surface area contributed by atoms with Crippen molar-refractivity contribution in [2.24, 2.45) is 11.8 Å². The zero-order valence-corrected chi connectivity index (χ0v) is 27.8. The monoisotopic (exact) mass is 672 g/mol. The third kappa shape index (κ3) is 5.48. The molecular weight excluding hydrogens is 636 g/mol. The molecule has 0 spiro atoms. The van der Waals surface area contributed by atoms with Crippen LogP contribution in [0.15, 0.2) is 50.7 Å². The van der Waals surface area contributed by atoms with Gasteiger partial charge in [0, 0.05) is 18.7 Å². The lowest BCUT2D eigenvalue weighted by Gasteiger charge is -2.28. The van der Waals surface area contributed by atoms with Gasteiger partial charge in [-0.15, -0.1) is 11.3 Å². The average Bonchev–Trinajstić information content (AvgIpc) is 3.78. The number of aryl methyl sites for hydroxylation is 1. The minimum absolute atomic E-state index is 0.0576. The first-order chi connectivity index (χ1) is 21.7. The quantitative estimate of drug-likeness (QED) is 0.264. The predicted molar refractivity (Wildman–Crippen MR) is 171 cm³/mol. The van der Waals surface area contributed by atoms with E-state index in [1.807, 2.05) is 18.2 Å². The molecule has 2 fully saturated rings. The Labute approximate surface area is 269 Å². The minimum Gasteiger partial charge on any atom is -0.496 e. The summed E-state index contributed by atoms with van der Waals surface area (Å²) in [7, 11) is -1.75. The summed E-state index contributed by atoms with van der Waals surface area (Å²) in [6.07, 6.45) is 4.44. The number of benzene rings is 1. The number of carboxylic acids is 1. The molecule has 246 valence electrons. The number of carbonyl (C=O) groups is 1. The predicted octanol–water partition coefficient (Wildman–Crippen LogP) is 3.44. The van der Waals surface area contributed by atoms with Gasteiger partial charge in [0.05, 0.1) is 42.5 Å². The highest BCUT2D eigenvalue weighted by atomic mass is 32.2. The Morgan fingerprint density at radius 2 is 1.87 bits per heavy atom. The first kappa shape index (κ1) is 32.2. The molecule has 6 rings (SSSR count). The number of para-hydroxylation sites is 1. The van der Waals surface area contributed by atoms with Crippen molar-refractivity contribution in [1.29, 1.82) is 0 Å². The van der Waals surface area contributed by atoms with E-state index >= 15 is 0 Å². The van der Waals surface area contributed by atoms with Crippen molar-refractivity contribution in [3.63, 3.8) is 0 Å². The minimum atomic E-state index is -3.29. The molecule has 1 aromatic carbocycles. The van der Waals surface area contributed by atoms with Crippen molar-refractivity contribution in [2.45, 2.75) is 57.9 Å². The highest BCUT2D eigenvalue weighted by Gasteiger charge is 2.45. The number of hydrogen-bond donors (Lipinski definition) is 1. The second-order valence-corrected chi connectivity index (χ2v) is 15.5. The maximum absolute atomic E-state index is 14.3. The molecule has 0 bridgehead atoms. The van der Waals surface area contributed by atoms with Crippen molar-refractivity contribution < 1.29 is 32.2 Å². The number of oxazole rings is 1. The van der Waals surface area contributed by atoms with Gasteiger partial charge in [0.1, 0.15) is 28.5 Å². The summed E-state index contributed by atoms with van der Waals surface area (Å²) in [6.45, 7) is 5.18. The van der Waals surface area contributed by atoms with E-state index in [9.17, 15) is 27.9 Å². The van der Waals surface area contributed by atoms with Crippen molar-refractivity contribution >= 4 is 37.5 Å². The summed E-state index contributed by atoms with van der Waals surface area (Å²) in [6, 6.07) is 7.30. The molecule has 3 atom stereocenters. The Kier molecular flexibility index (Phi) is 8.24. The Morgan fingerprint density at radius 1 is 1.20 bits per heavy atom. The van der Waals surface area contributed by atoms with Gasteiger partial charge in [-0.3, -0.25) is 9.36 Å². The van der Waals surface area contributed by atoms with E-state index in [2.05, 4.69) is 4.98 Å². The first-order valence-electron chi connectivity index (χ1n) is 14.9. The number of rotatable bonds is 10. The Bertz CT molecular complexity index is 2010. The second-order valence-electron chi connectivity index (χ2n) is 12.5. The van der Waals surface area contributed by atoms with Gasteiger partial charge in [0.2, 0.25) is 15.9 Å². The van der Waals surface area contributed by atoms with E-state index in [0.717, 1.165) is 4.57 Å². The van der Waals surface area contributed by atoms with Gasteiger partial charge in [0.15, 0.2) is 0 Å². The van der Waals surface area contributed by atoms with Gasteiger partial charge >= 0.3 is 11.7 Å². The molecule has 3 aromatic heterocycles. The molecule has 0 radical (unpaired) electrons. The summed E-state index contributed by atoms with van der Waals surface area (Å²) in [5.41, 5.74) is -2.18. The van der Waals surface area contributed by atoms with Crippen molar-refractivity contribution in [2.75, 3.05) is 26.5 Å². The lowest BCUT2D eigenvalue weighted by molar-refractivity contribution is -0.146. The zero-order valence-electron chi connectivity index (χ0n) is 26.1. The topological polar surface area (TPSA) is 163 Å². The molecule has 4 aromatic rings. The molecule has 15 heteroatoms. The molecule has 1 N–H and O–H groups in total. The summed E-state index contributed by atoms with van der Waals surface area (Å²) < 4.78 is 46.0. The molecule has 0 amide bonds. The Morgan fingerprint density at radius 3 is 2.46 bits per heavy atom. The molecular formula is C31H36N4O9S2. The molecule has 1 aliphatic carbocycles. The molecule has 4 heterocycles. The van der Waals surface area contributed by atoms with Crippen LogP contribution in [0.5, 0.6) is 5.75 Å². The largest absolute Gasteiger partial charge is 0.496 e. The van der Waals surface area contributed by atoms with E-state index in [0.29, 0.717) is 52.5 Å². The standard InChI is InChI=1S/C31H36N4O9S2/c1-17-24-27(36)35(31(2,3)29(37)38)30(39)34(28(24)45-25(17)26-32-10-11-43-26)16-23(21-8-6-7-9-22(21)42-4)44-20-12-18-14-33(46(5,40)41)15-19(18)13-20/h6-11,18-20,23H,12-16H2,1-5H3,(H,37,38)/t18-,19-,23+/m1/s1. The van der Waals surface area contributed by atoms with Crippen LogP contribution in [0, 0.1) is 18.8 Å². The van der Waals surface area contributed by atoms with E-state index in [4.69, 9.17) is 13.9 Å². The number of nitrogens with zero attached hydrogens (tertiary/aromatic N) is 4. The molecule has 46 heavy (non-hydrogen) atoms. The SMILES string of the molecule is COc1ccccc1[C@H](Cn1c(=O)n(C(C)(C)C(=O)O)c(=O)c2c(C)c(-c3ncco3)sc21)OC1C[C@@H]2CN(S(C)(=O)=O)C[C@H]2C1. The van der Waals surface area contributed by atoms with E-state index in [-0.39, 0.29) is 35.8 Å². The van der Waals surface area contributed by atoms with Crippen LogP contribution in [0.25, 0.3) is 21.0 Å². The second kappa shape index (κ2) is 11.8. The molecule has 1 saturated carbocycles. The van der Waals surface area contributed by atoms with Crippen molar-refractivity contribution in [1.82, 2.24) is 18.4 Å². The maximum Gasteiger partial charge on any atom is 0.333 e. The maximum atomic E-state index is 14.3. The number of thiophene rings is 1. The third-order valence-corrected chi connectivity index (χ3v) is 11.8. The summed E-state index contributed by atoms with van der Waals surface area (Å²) >= 11 is 1.17. The van der Waals surface area contributed by atoms with Crippen molar-refractivity contribution in [3.05, 3.63) is 68.7 Å². The summed E-state index contributed by atoms with van der Waals surface area (Å²) in [5.74, 6) is -0.223. The van der Waals surface area contributed by atoms with Crippen LogP contribution < -0.4 is 16.0 Å². The van der Waals surface area contributed by atoms with Gasteiger partial charge < -0.3 is 19.0 Å². The van der Waals surface area contributed by atoms with Crippen LogP contribution in [0.3, 0.4) is 0 Å². The van der Waals surface area contributed by atoms with Crippen LogP contribution in [-0.2, 0) is 31.6 Å². The first-order valence-corrected chi connectivity index (χ1v) is 17.5. The number of ether oxygens (including phenoxy) is 2. The summed E-state index contributed by atoms with van der Waals surface area (Å²) in [4.78, 5) is 45.7. The molecule has 13 nitrogen and oxygen atoms in total. The number of methoxy groups -OCH3 is 1. The fraction of sp³-hybridized carbons (Fsp3) is 0.484. The smallest absolute Gasteiger partial charge is 0.333 e. The van der Waals surface area contributed by atoms with E-state index < -0.39 is 38.9 Å². The Hall–Kier alpha value is -3.79. The lowest BCUT2D eigenvalue weighted by Crippen LogP contribution is -2.52. The van der Waals surface area contributed by atoms with Gasteiger partial charge in [-0.05, 0) is 57.1 Å². The molecule has 1 aliphatic heterocycles. The van der Waals surface area contributed by atoms with Gasteiger partial charge in [0.25, 0.3) is 5.56 Å². The number of carboxylic acid groups (broad SMARTS) is 1. The average molecular weight is 673 g/mol. The fourth-order valence-corrected chi connectivity index (χ4v) is 8.93. The highest BCUT2D eigenvalue weighted by Crippen LogP contribution is 2.43. The van der Waals surface area contributed by atoms with Crippen LogP contribution in [0.2, 0.25) is 0 Å². The highest BCUT2D eigenvalue weighted by molar-refractivity contribution is 7.88. The fourth-order valence-electron chi connectivity index (χ4n) is 6.76. The zero-order chi connectivity index (χ0) is 33.1. The van der Waals surface area contributed by atoms with E-state index in [1.165, 1.54) is 52.8 Å². The molecule has 2 aliphatic rings. The number of hydrogen-bond acceptors (Lipinski definition) is 10. The van der Waals surface area contributed by atoms with Crippen molar-refractivity contribution in [3.8, 4) is 16.5 Å². The summed E-state index contributed by atoms with van der Waals surface area (Å²) in [5, 5.41) is 10.3. The van der Waals surface area contributed by atoms with Gasteiger partial charge in [-0.2, -0.15) is 0 Å². The molecule has 1 saturated heterocycles. The van der Waals surface area contributed by atoms with Crippen LogP contribution >= 0.6 is 11.3 Å². The number of aromatic nitrogens is 3. The third-order valence-electron chi connectivity index (χ3n) is 9.26. The lowest BCUT2D eigenvalue weighted by atomic mass is 10.0. The normalized spacial score (nSPS) is 19.9. The van der Waals surface area contributed by atoms with Gasteiger partial charge in [-0.25, -0.2) is 31.9 Å². The Balaban J connectivity index is 1.48. The molecule has 0 unspecified atom stereocenters. The van der Waals surface area contributed by atoms with Crippen LogP contribution in [0.1, 0.15) is 43.9 Å². The van der Waals surface area contributed by atoms with Crippen LogP contribution in [-0.4, -0.2) is 70.5 Å². The number of aliphatic carboxylic acids is 1. The number of fused-ring (bicyclic) bond motifs is 2. The van der Waals surface area contributed by atoms with E-state index in [1.54, 1.807) is 20.1 Å². The van der Waals surface area contributed by atoms with Gasteiger partial charge in [-0.1, -0.05) is 18.2 Å².